The third-order valence-corrected chi connectivity index (χ3v) is 6.31. The topological polar surface area (TPSA) is 65.9 Å². The summed E-state index contributed by atoms with van der Waals surface area (Å²) < 4.78 is 2.06. The molecule has 0 amide bonds. The van der Waals surface area contributed by atoms with Crippen LogP contribution in [0.2, 0.25) is 0 Å². The standard InChI is InChI=1S/C21H29N7/c1-13(2)26-9-6-15(7-10-26)27-12-18-16(11-28(25-18)14(3)4)20-19-17(23-24-20)5-8-22-21(19)27/h5,8,11,13-15H,6-7,9-10,12H2,1-4H3,(H,23,24). The van der Waals surface area contributed by atoms with Crippen LogP contribution in [0.25, 0.3) is 22.2 Å². The molecule has 5 rings (SSSR count). The molecule has 0 aliphatic carbocycles. The maximum atomic E-state index is 4.93. The van der Waals surface area contributed by atoms with Crippen molar-refractivity contribution in [3.05, 3.63) is 24.2 Å². The van der Waals surface area contributed by atoms with Crippen molar-refractivity contribution in [3.8, 4) is 11.3 Å². The molecule has 148 valence electrons. The highest BCUT2D eigenvalue weighted by molar-refractivity contribution is 6.02. The number of piperidine rings is 1. The molecule has 0 radical (unpaired) electrons. The van der Waals surface area contributed by atoms with Crippen molar-refractivity contribution in [1.82, 2.24) is 29.9 Å². The van der Waals surface area contributed by atoms with E-state index in [9.17, 15) is 0 Å². The molecule has 3 aromatic rings. The summed E-state index contributed by atoms with van der Waals surface area (Å²) in [4.78, 5) is 9.88. The number of rotatable bonds is 3. The molecule has 1 saturated heterocycles. The van der Waals surface area contributed by atoms with E-state index in [0.29, 0.717) is 18.1 Å². The van der Waals surface area contributed by atoms with E-state index in [1.54, 1.807) is 0 Å². The van der Waals surface area contributed by atoms with E-state index < -0.39 is 0 Å². The Hall–Kier alpha value is -2.41. The average molecular weight is 380 g/mol. The van der Waals surface area contributed by atoms with Crippen LogP contribution < -0.4 is 4.90 Å². The van der Waals surface area contributed by atoms with Gasteiger partial charge >= 0.3 is 0 Å². The van der Waals surface area contributed by atoms with Crippen LogP contribution in [0.5, 0.6) is 0 Å². The lowest BCUT2D eigenvalue weighted by Gasteiger charge is -2.40. The predicted molar refractivity (Wildman–Crippen MR) is 111 cm³/mol. The molecular weight excluding hydrogens is 350 g/mol. The Labute approximate surface area is 165 Å². The van der Waals surface area contributed by atoms with Gasteiger partial charge in [-0.25, -0.2) is 4.98 Å². The molecule has 7 heteroatoms. The zero-order chi connectivity index (χ0) is 19.4. The first-order valence-electron chi connectivity index (χ1n) is 10.4. The fourth-order valence-corrected chi connectivity index (χ4v) is 4.62. The van der Waals surface area contributed by atoms with E-state index in [4.69, 9.17) is 10.1 Å². The average Bonchev–Trinajstić information content (AvgIpc) is 3.27. The molecule has 2 aliphatic rings. The number of fused-ring (bicyclic) bond motifs is 2. The monoisotopic (exact) mass is 379 g/mol. The fraction of sp³-hybridized carbons (Fsp3) is 0.571. The maximum Gasteiger partial charge on any atom is 0.140 e. The summed E-state index contributed by atoms with van der Waals surface area (Å²) in [6.45, 7) is 12.0. The minimum atomic E-state index is 0.331. The summed E-state index contributed by atoms with van der Waals surface area (Å²) in [5.74, 6) is 1.05. The van der Waals surface area contributed by atoms with Gasteiger partial charge in [0.15, 0.2) is 0 Å². The van der Waals surface area contributed by atoms with Gasteiger partial charge in [0, 0.05) is 49.2 Å². The summed E-state index contributed by atoms with van der Waals surface area (Å²) in [5, 5.41) is 13.9. The molecule has 2 aliphatic heterocycles. The Balaban J connectivity index is 1.60. The molecule has 5 heterocycles. The van der Waals surface area contributed by atoms with Crippen LogP contribution in [0.4, 0.5) is 5.82 Å². The Morgan fingerprint density at radius 2 is 1.89 bits per heavy atom. The van der Waals surface area contributed by atoms with Crippen molar-refractivity contribution in [2.24, 2.45) is 0 Å². The van der Waals surface area contributed by atoms with Crippen LogP contribution in [0, 0.1) is 0 Å². The highest BCUT2D eigenvalue weighted by Crippen LogP contribution is 2.40. The van der Waals surface area contributed by atoms with Gasteiger partial charge in [-0.05, 0) is 46.6 Å². The predicted octanol–water partition coefficient (Wildman–Crippen LogP) is 3.60. The molecule has 0 spiro atoms. The summed E-state index contributed by atoms with van der Waals surface area (Å²) in [6.07, 6.45) is 6.36. The van der Waals surface area contributed by atoms with Crippen molar-refractivity contribution in [1.29, 1.82) is 0 Å². The van der Waals surface area contributed by atoms with Crippen LogP contribution >= 0.6 is 0 Å². The normalized spacial score (nSPS) is 18.3. The molecule has 0 saturated carbocycles. The van der Waals surface area contributed by atoms with Crippen molar-refractivity contribution >= 4 is 16.7 Å². The first-order valence-corrected chi connectivity index (χ1v) is 10.4. The quantitative estimate of drug-likeness (QED) is 0.753. The van der Waals surface area contributed by atoms with E-state index in [1.807, 2.05) is 12.3 Å². The Morgan fingerprint density at radius 1 is 1.11 bits per heavy atom. The van der Waals surface area contributed by atoms with Crippen LogP contribution in [-0.2, 0) is 6.54 Å². The summed E-state index contributed by atoms with van der Waals surface area (Å²) in [6, 6.07) is 3.44. The second-order valence-electron chi connectivity index (χ2n) is 8.68. The number of anilines is 1. The van der Waals surface area contributed by atoms with E-state index in [2.05, 4.69) is 58.6 Å². The zero-order valence-electron chi connectivity index (χ0n) is 17.2. The van der Waals surface area contributed by atoms with Gasteiger partial charge in [-0.3, -0.25) is 9.78 Å². The van der Waals surface area contributed by atoms with E-state index >= 15 is 0 Å². The van der Waals surface area contributed by atoms with Gasteiger partial charge in [0.25, 0.3) is 0 Å². The number of pyridine rings is 1. The van der Waals surface area contributed by atoms with Crippen LogP contribution in [-0.4, -0.2) is 55.0 Å². The summed E-state index contributed by atoms with van der Waals surface area (Å²) >= 11 is 0. The Morgan fingerprint density at radius 3 is 2.61 bits per heavy atom. The summed E-state index contributed by atoms with van der Waals surface area (Å²) in [7, 11) is 0. The number of H-pyrrole nitrogens is 1. The lowest BCUT2D eigenvalue weighted by molar-refractivity contribution is 0.169. The SMILES string of the molecule is CC(C)N1CCC(N2Cc3nn(C(C)C)cc3-c3n[nH]c4ccnc2c34)CC1. The molecule has 1 fully saturated rings. The van der Waals surface area contributed by atoms with Crippen molar-refractivity contribution in [3.63, 3.8) is 0 Å². The van der Waals surface area contributed by atoms with Crippen molar-refractivity contribution in [2.75, 3.05) is 18.0 Å². The second-order valence-corrected chi connectivity index (χ2v) is 8.68. The number of likely N-dealkylation sites (tertiary alicyclic amines) is 1. The highest BCUT2D eigenvalue weighted by Gasteiger charge is 2.33. The second kappa shape index (κ2) is 6.58. The smallest absolute Gasteiger partial charge is 0.140 e. The molecule has 0 bridgehead atoms. The van der Waals surface area contributed by atoms with E-state index in [-0.39, 0.29) is 0 Å². The van der Waals surface area contributed by atoms with Gasteiger partial charge in [0.1, 0.15) is 11.5 Å². The van der Waals surface area contributed by atoms with Crippen LogP contribution in [0.1, 0.15) is 52.3 Å². The number of aromatic nitrogens is 5. The first-order chi connectivity index (χ1) is 13.5. The number of hydrogen-bond donors (Lipinski definition) is 1. The van der Waals surface area contributed by atoms with Crippen LogP contribution in [0.3, 0.4) is 0 Å². The molecule has 1 N–H and O–H groups in total. The first kappa shape index (κ1) is 17.7. The molecule has 0 unspecified atom stereocenters. The van der Waals surface area contributed by atoms with Gasteiger partial charge in [-0.15, -0.1) is 0 Å². The van der Waals surface area contributed by atoms with Crippen LogP contribution in [0.15, 0.2) is 18.5 Å². The summed E-state index contributed by atoms with van der Waals surface area (Å²) in [5.41, 5.74) is 4.28. The van der Waals surface area contributed by atoms with E-state index in [0.717, 1.165) is 66.1 Å². The molecule has 0 aromatic carbocycles. The van der Waals surface area contributed by atoms with Gasteiger partial charge in [0.2, 0.25) is 0 Å². The number of hydrogen-bond acceptors (Lipinski definition) is 5. The van der Waals surface area contributed by atoms with Gasteiger partial charge in [-0.1, -0.05) is 0 Å². The Bertz CT molecular complexity index is 992. The maximum absolute atomic E-state index is 4.93. The number of nitrogens with one attached hydrogen (secondary N) is 1. The lowest BCUT2D eigenvalue weighted by atomic mass is 10.0. The minimum absolute atomic E-state index is 0.331. The third kappa shape index (κ3) is 2.71. The van der Waals surface area contributed by atoms with Crippen molar-refractivity contribution < 1.29 is 0 Å². The molecule has 3 aromatic heterocycles. The van der Waals surface area contributed by atoms with E-state index in [1.165, 1.54) is 0 Å². The lowest BCUT2D eigenvalue weighted by Crippen LogP contribution is -2.47. The molecule has 0 atom stereocenters. The largest absolute Gasteiger partial charge is 0.347 e. The molecule has 7 nitrogen and oxygen atoms in total. The highest BCUT2D eigenvalue weighted by atomic mass is 15.3. The third-order valence-electron chi connectivity index (χ3n) is 6.31. The molecular formula is C21H29N7. The minimum Gasteiger partial charge on any atom is -0.347 e. The van der Waals surface area contributed by atoms with Gasteiger partial charge < -0.3 is 9.80 Å². The van der Waals surface area contributed by atoms with Gasteiger partial charge in [0.05, 0.1) is 23.1 Å². The van der Waals surface area contributed by atoms with Crippen molar-refractivity contribution in [2.45, 2.75) is 65.2 Å². The van der Waals surface area contributed by atoms with Gasteiger partial charge in [-0.2, -0.15) is 10.2 Å². The number of aromatic amines is 1. The zero-order valence-corrected chi connectivity index (χ0v) is 17.2. The Kier molecular flexibility index (Phi) is 4.16. The number of nitrogens with zero attached hydrogens (tertiary/aromatic N) is 6. The molecule has 28 heavy (non-hydrogen) atoms. The fourth-order valence-electron chi connectivity index (χ4n) is 4.62.